The van der Waals surface area contributed by atoms with Gasteiger partial charge in [0.2, 0.25) is 8.32 Å². The molecule has 0 aliphatic rings. The van der Waals surface area contributed by atoms with Gasteiger partial charge in [-0.1, -0.05) is 11.6 Å². The van der Waals surface area contributed by atoms with Gasteiger partial charge in [-0.25, -0.2) is 0 Å². The van der Waals surface area contributed by atoms with Crippen LogP contribution in [0.3, 0.4) is 0 Å². The van der Waals surface area contributed by atoms with Gasteiger partial charge in [0.25, 0.3) is 0 Å². The largest absolute Gasteiger partial charge is 0.542 e. The zero-order valence-corrected chi connectivity index (χ0v) is 11.6. The molecule has 1 aromatic carbocycles. The normalized spacial score (nSPS) is 11.1. The summed E-state index contributed by atoms with van der Waals surface area (Å²) in [6.07, 6.45) is 0.698. The Labute approximate surface area is 101 Å². The van der Waals surface area contributed by atoms with Gasteiger partial charge in [0.1, 0.15) is 5.75 Å². The SMILES string of the molecule is COc1cc(C=O)c(Cl)cc1O[Si](C)(C)C. The number of hydrogen-bond acceptors (Lipinski definition) is 3. The fourth-order valence-corrected chi connectivity index (χ4v) is 2.23. The van der Waals surface area contributed by atoms with Crippen molar-refractivity contribution in [2.24, 2.45) is 0 Å². The number of carbonyl (C=O) groups excluding carboxylic acids is 1. The molecule has 0 aliphatic heterocycles. The Kier molecular flexibility index (Phi) is 3.99. The summed E-state index contributed by atoms with van der Waals surface area (Å²) in [4.78, 5) is 10.7. The van der Waals surface area contributed by atoms with Crippen molar-refractivity contribution >= 4 is 26.2 Å². The first-order valence-corrected chi connectivity index (χ1v) is 8.67. The van der Waals surface area contributed by atoms with Crippen LogP contribution in [-0.2, 0) is 0 Å². The Bertz CT molecular complexity index is 399. The molecule has 0 atom stereocenters. The highest BCUT2D eigenvalue weighted by Gasteiger charge is 2.20. The summed E-state index contributed by atoms with van der Waals surface area (Å²) in [5.41, 5.74) is 0.404. The Balaban J connectivity index is 3.18. The second kappa shape index (κ2) is 4.89. The summed E-state index contributed by atoms with van der Waals surface area (Å²) < 4.78 is 11.0. The number of halogens is 1. The number of methoxy groups -OCH3 is 1. The zero-order chi connectivity index (χ0) is 12.3. The quantitative estimate of drug-likeness (QED) is 0.614. The molecule has 0 aliphatic carbocycles. The lowest BCUT2D eigenvalue weighted by Crippen LogP contribution is -2.29. The Morgan fingerprint density at radius 3 is 2.31 bits per heavy atom. The van der Waals surface area contributed by atoms with E-state index in [1.54, 1.807) is 12.1 Å². The molecule has 0 heterocycles. The van der Waals surface area contributed by atoms with Crippen LogP contribution in [-0.4, -0.2) is 21.7 Å². The van der Waals surface area contributed by atoms with Crippen LogP contribution in [0.4, 0.5) is 0 Å². The van der Waals surface area contributed by atoms with Gasteiger partial charge in [0, 0.05) is 11.6 Å². The van der Waals surface area contributed by atoms with Gasteiger partial charge in [-0.15, -0.1) is 0 Å². The predicted molar refractivity (Wildman–Crippen MR) is 67.4 cm³/mol. The van der Waals surface area contributed by atoms with Crippen LogP contribution in [0, 0.1) is 0 Å². The van der Waals surface area contributed by atoms with Gasteiger partial charge in [-0.05, 0) is 25.7 Å². The molecule has 0 bridgehead atoms. The molecule has 0 unspecified atom stereocenters. The maximum absolute atomic E-state index is 10.7. The summed E-state index contributed by atoms with van der Waals surface area (Å²) in [6.45, 7) is 6.19. The fraction of sp³-hybridized carbons (Fsp3) is 0.364. The second-order valence-corrected chi connectivity index (χ2v) is 9.19. The molecule has 0 amide bonds. The molecule has 1 rings (SSSR count). The first-order chi connectivity index (χ1) is 7.37. The van der Waals surface area contributed by atoms with Crippen molar-refractivity contribution in [3.63, 3.8) is 0 Å². The Hall–Kier alpha value is -1.00. The lowest BCUT2D eigenvalue weighted by Gasteiger charge is -2.21. The number of aldehydes is 1. The molecule has 0 aromatic heterocycles. The third kappa shape index (κ3) is 3.25. The molecule has 16 heavy (non-hydrogen) atoms. The van der Waals surface area contributed by atoms with E-state index in [1.807, 2.05) is 0 Å². The van der Waals surface area contributed by atoms with Gasteiger partial charge in [0.05, 0.1) is 12.1 Å². The molecule has 0 saturated carbocycles. The van der Waals surface area contributed by atoms with E-state index in [4.69, 9.17) is 20.8 Å². The number of ether oxygens (including phenoxy) is 1. The minimum atomic E-state index is -1.72. The minimum Gasteiger partial charge on any atom is -0.542 e. The van der Waals surface area contributed by atoms with Crippen LogP contribution in [0.25, 0.3) is 0 Å². The third-order valence-electron chi connectivity index (χ3n) is 1.83. The van der Waals surface area contributed by atoms with Crippen molar-refractivity contribution in [2.45, 2.75) is 19.6 Å². The van der Waals surface area contributed by atoms with Crippen molar-refractivity contribution in [3.05, 3.63) is 22.7 Å². The predicted octanol–water partition coefficient (Wildman–Crippen LogP) is 3.37. The van der Waals surface area contributed by atoms with E-state index in [2.05, 4.69) is 19.6 Å². The standard InChI is InChI=1S/C11H15ClO3Si/c1-14-10-5-8(7-13)9(12)6-11(10)15-16(2,3)4/h5-7H,1-4H3. The van der Waals surface area contributed by atoms with Crippen LogP contribution in [0.15, 0.2) is 12.1 Å². The molecule has 3 nitrogen and oxygen atoms in total. The maximum Gasteiger partial charge on any atom is 0.242 e. The maximum atomic E-state index is 10.7. The van der Waals surface area contributed by atoms with Crippen molar-refractivity contribution in [1.29, 1.82) is 0 Å². The highest BCUT2D eigenvalue weighted by atomic mass is 35.5. The first-order valence-electron chi connectivity index (χ1n) is 4.89. The van der Waals surface area contributed by atoms with Crippen molar-refractivity contribution < 1.29 is 14.0 Å². The number of benzene rings is 1. The molecule has 0 radical (unpaired) electrons. The van der Waals surface area contributed by atoms with E-state index in [0.717, 1.165) is 0 Å². The number of carbonyl (C=O) groups is 1. The summed E-state index contributed by atoms with van der Waals surface area (Å²) in [7, 11) is -0.187. The molecule has 5 heteroatoms. The van der Waals surface area contributed by atoms with E-state index < -0.39 is 8.32 Å². The van der Waals surface area contributed by atoms with Gasteiger partial charge in [0.15, 0.2) is 12.0 Å². The molecule has 0 N–H and O–H groups in total. The molecular formula is C11H15ClO3Si. The van der Waals surface area contributed by atoms with E-state index in [1.165, 1.54) is 7.11 Å². The monoisotopic (exact) mass is 258 g/mol. The van der Waals surface area contributed by atoms with E-state index >= 15 is 0 Å². The van der Waals surface area contributed by atoms with Gasteiger partial charge in [-0.2, -0.15) is 0 Å². The number of hydrogen-bond donors (Lipinski definition) is 0. The third-order valence-corrected chi connectivity index (χ3v) is 2.99. The molecule has 0 fully saturated rings. The molecule has 88 valence electrons. The van der Waals surface area contributed by atoms with Crippen molar-refractivity contribution in [2.75, 3.05) is 7.11 Å². The lowest BCUT2D eigenvalue weighted by atomic mass is 10.2. The smallest absolute Gasteiger partial charge is 0.242 e. The van der Waals surface area contributed by atoms with Crippen LogP contribution in [0.1, 0.15) is 10.4 Å². The van der Waals surface area contributed by atoms with Crippen molar-refractivity contribution in [3.8, 4) is 11.5 Å². The van der Waals surface area contributed by atoms with E-state index in [-0.39, 0.29) is 0 Å². The average molecular weight is 259 g/mol. The topological polar surface area (TPSA) is 35.5 Å². The van der Waals surface area contributed by atoms with Gasteiger partial charge < -0.3 is 9.16 Å². The fourth-order valence-electron chi connectivity index (χ4n) is 1.21. The van der Waals surface area contributed by atoms with Crippen molar-refractivity contribution in [1.82, 2.24) is 0 Å². The summed E-state index contributed by atoms with van der Waals surface area (Å²) >= 11 is 5.94. The second-order valence-electron chi connectivity index (χ2n) is 4.36. The van der Waals surface area contributed by atoms with Crippen LogP contribution >= 0.6 is 11.6 Å². The Morgan fingerprint density at radius 2 is 1.88 bits per heavy atom. The van der Waals surface area contributed by atoms with E-state index in [9.17, 15) is 4.79 Å². The zero-order valence-electron chi connectivity index (χ0n) is 9.83. The summed E-state index contributed by atoms with van der Waals surface area (Å²) in [5, 5.41) is 0.379. The highest BCUT2D eigenvalue weighted by molar-refractivity contribution is 6.70. The van der Waals surface area contributed by atoms with Crippen LogP contribution < -0.4 is 9.16 Å². The first kappa shape index (κ1) is 13.1. The molecule has 0 spiro atoms. The van der Waals surface area contributed by atoms with Crippen LogP contribution in [0.5, 0.6) is 11.5 Å². The molecular weight excluding hydrogens is 244 g/mol. The van der Waals surface area contributed by atoms with Crippen LogP contribution in [0.2, 0.25) is 24.7 Å². The molecule has 0 saturated heterocycles. The minimum absolute atomic E-state index is 0.379. The highest BCUT2D eigenvalue weighted by Crippen LogP contribution is 2.34. The molecule has 1 aromatic rings. The average Bonchev–Trinajstić information content (AvgIpc) is 2.16. The number of rotatable bonds is 4. The van der Waals surface area contributed by atoms with E-state index in [0.29, 0.717) is 28.4 Å². The summed E-state index contributed by atoms with van der Waals surface area (Å²) in [5.74, 6) is 1.13. The van der Waals surface area contributed by atoms with Gasteiger partial charge in [-0.3, -0.25) is 4.79 Å². The summed E-state index contributed by atoms with van der Waals surface area (Å²) in [6, 6.07) is 3.22. The van der Waals surface area contributed by atoms with Gasteiger partial charge >= 0.3 is 0 Å². The Morgan fingerprint density at radius 1 is 1.25 bits per heavy atom. The lowest BCUT2D eigenvalue weighted by molar-refractivity contribution is 0.112.